The summed E-state index contributed by atoms with van der Waals surface area (Å²) in [5.41, 5.74) is 2.16. The number of nitrogens with one attached hydrogen (secondary N) is 1. The van der Waals surface area contributed by atoms with E-state index in [2.05, 4.69) is 15.7 Å². The summed E-state index contributed by atoms with van der Waals surface area (Å²) < 4.78 is 24.7. The number of rotatable bonds is 7. The third-order valence-electron chi connectivity index (χ3n) is 3.51. The first-order chi connectivity index (χ1) is 13.0. The third kappa shape index (κ3) is 6.05. The molecule has 0 radical (unpaired) electrons. The van der Waals surface area contributed by atoms with E-state index in [1.807, 2.05) is 19.1 Å². The number of aryl methyl sites for hydroxylation is 1. The van der Waals surface area contributed by atoms with E-state index in [4.69, 9.17) is 0 Å². The van der Waals surface area contributed by atoms with Crippen LogP contribution >= 0.6 is 34.9 Å². The van der Waals surface area contributed by atoms with Crippen LogP contribution in [0.3, 0.4) is 0 Å². The smallest absolute Gasteiger partial charge is 0.288 e. The number of halogens is 2. The molecule has 0 atom stereocenters. The molecule has 0 fully saturated rings. The Balaban J connectivity index is 1.55. The number of thioether (sulfide) groups is 2. The summed E-state index contributed by atoms with van der Waals surface area (Å²) in [6.45, 7) is 1.98. The molecule has 0 bridgehead atoms. The summed E-state index contributed by atoms with van der Waals surface area (Å²) in [5, 5.41) is 5.87. The maximum atomic E-state index is 12.3. The van der Waals surface area contributed by atoms with Gasteiger partial charge >= 0.3 is 0 Å². The molecule has 140 valence electrons. The highest BCUT2D eigenvalue weighted by molar-refractivity contribution is 7.99. The van der Waals surface area contributed by atoms with Crippen LogP contribution in [-0.4, -0.2) is 16.6 Å². The standard InChI is InChI=1S/C19H16F2N2OS3/c1-12-22-15(10-25-12)11-26-16-6-2-13(3-7-16)18(24)23-14-4-8-17(9-5-14)27-19(20)21/h2-10,19H,11H2,1H3,(H,23,24). The van der Waals surface area contributed by atoms with E-state index >= 15 is 0 Å². The van der Waals surface area contributed by atoms with E-state index in [1.54, 1.807) is 59.5 Å². The van der Waals surface area contributed by atoms with Crippen LogP contribution < -0.4 is 5.32 Å². The van der Waals surface area contributed by atoms with Crippen molar-refractivity contribution in [3.05, 3.63) is 70.2 Å². The number of hydrogen-bond acceptors (Lipinski definition) is 5. The number of anilines is 1. The number of carbonyl (C=O) groups is 1. The van der Waals surface area contributed by atoms with Crippen molar-refractivity contribution in [1.82, 2.24) is 4.98 Å². The van der Waals surface area contributed by atoms with Crippen molar-refractivity contribution in [3.8, 4) is 0 Å². The lowest BCUT2D eigenvalue weighted by molar-refractivity contribution is 0.102. The Hall–Kier alpha value is -1.90. The fourth-order valence-corrected chi connectivity index (χ4v) is 4.27. The molecule has 8 heteroatoms. The Kier molecular flexibility index (Phi) is 6.87. The maximum Gasteiger partial charge on any atom is 0.288 e. The van der Waals surface area contributed by atoms with Crippen molar-refractivity contribution in [3.63, 3.8) is 0 Å². The number of thiazole rings is 1. The Morgan fingerprint density at radius 2 is 1.78 bits per heavy atom. The van der Waals surface area contributed by atoms with E-state index in [9.17, 15) is 13.6 Å². The van der Waals surface area contributed by atoms with E-state index < -0.39 is 5.76 Å². The highest BCUT2D eigenvalue weighted by Crippen LogP contribution is 2.27. The zero-order valence-electron chi connectivity index (χ0n) is 14.3. The highest BCUT2D eigenvalue weighted by Gasteiger charge is 2.08. The van der Waals surface area contributed by atoms with Crippen LogP contribution in [0.25, 0.3) is 0 Å². The lowest BCUT2D eigenvalue weighted by atomic mass is 10.2. The van der Waals surface area contributed by atoms with Gasteiger partial charge in [-0.3, -0.25) is 4.79 Å². The van der Waals surface area contributed by atoms with Gasteiger partial charge in [0.1, 0.15) is 0 Å². The molecule has 3 aromatic rings. The Labute approximate surface area is 168 Å². The molecule has 1 N–H and O–H groups in total. The van der Waals surface area contributed by atoms with Gasteiger partial charge in [-0.1, -0.05) is 11.8 Å². The number of nitrogens with zero attached hydrogens (tertiary/aromatic N) is 1. The second-order valence-corrected chi connectivity index (χ2v) is 8.70. The topological polar surface area (TPSA) is 42.0 Å². The van der Waals surface area contributed by atoms with Crippen molar-refractivity contribution < 1.29 is 13.6 Å². The minimum atomic E-state index is -2.46. The molecule has 2 aromatic carbocycles. The molecule has 0 saturated heterocycles. The molecule has 0 unspecified atom stereocenters. The molecular weight excluding hydrogens is 406 g/mol. The van der Waals surface area contributed by atoms with Gasteiger partial charge in [0, 0.05) is 32.2 Å². The molecule has 0 aliphatic rings. The van der Waals surface area contributed by atoms with Crippen molar-refractivity contribution in [1.29, 1.82) is 0 Å². The third-order valence-corrected chi connectivity index (χ3v) is 6.10. The summed E-state index contributed by atoms with van der Waals surface area (Å²) in [6, 6.07) is 13.7. The van der Waals surface area contributed by atoms with Gasteiger partial charge in [0.05, 0.1) is 10.7 Å². The second kappa shape index (κ2) is 9.34. The summed E-state index contributed by atoms with van der Waals surface area (Å²) in [7, 11) is 0. The van der Waals surface area contributed by atoms with Crippen molar-refractivity contribution in [2.45, 2.75) is 28.2 Å². The van der Waals surface area contributed by atoms with E-state index in [-0.39, 0.29) is 5.91 Å². The van der Waals surface area contributed by atoms with Gasteiger partial charge in [0.25, 0.3) is 11.7 Å². The highest BCUT2D eigenvalue weighted by atomic mass is 32.2. The quantitative estimate of drug-likeness (QED) is 0.453. The van der Waals surface area contributed by atoms with Crippen LogP contribution in [-0.2, 0) is 5.75 Å². The SMILES string of the molecule is Cc1nc(CSc2ccc(C(=O)Nc3ccc(SC(F)F)cc3)cc2)cs1. The number of amides is 1. The molecular formula is C19H16F2N2OS3. The van der Waals surface area contributed by atoms with Gasteiger partial charge in [0.15, 0.2) is 0 Å². The zero-order chi connectivity index (χ0) is 19.2. The minimum absolute atomic E-state index is 0.240. The summed E-state index contributed by atoms with van der Waals surface area (Å²) in [4.78, 5) is 18.3. The average Bonchev–Trinajstić information content (AvgIpc) is 3.07. The van der Waals surface area contributed by atoms with Crippen LogP contribution in [0.15, 0.2) is 63.7 Å². The predicted octanol–water partition coefficient (Wildman–Crippen LogP) is 6.31. The Bertz CT molecular complexity index is 896. The van der Waals surface area contributed by atoms with E-state index in [0.29, 0.717) is 27.9 Å². The van der Waals surface area contributed by atoms with Crippen LogP contribution in [0, 0.1) is 6.92 Å². The lowest BCUT2D eigenvalue weighted by Gasteiger charge is -2.07. The van der Waals surface area contributed by atoms with Crippen LogP contribution in [0.2, 0.25) is 0 Å². The molecule has 0 saturated carbocycles. The fourth-order valence-electron chi connectivity index (χ4n) is 2.26. The first kappa shape index (κ1) is 19.9. The summed E-state index contributed by atoms with van der Waals surface area (Å²) in [5.74, 6) is -1.91. The molecule has 1 heterocycles. The molecule has 0 aliphatic carbocycles. The predicted molar refractivity (Wildman–Crippen MR) is 109 cm³/mol. The van der Waals surface area contributed by atoms with Crippen LogP contribution in [0.1, 0.15) is 21.1 Å². The Morgan fingerprint density at radius 1 is 1.11 bits per heavy atom. The van der Waals surface area contributed by atoms with Crippen molar-refractivity contribution in [2.75, 3.05) is 5.32 Å². The molecule has 27 heavy (non-hydrogen) atoms. The number of hydrogen-bond donors (Lipinski definition) is 1. The van der Waals surface area contributed by atoms with Gasteiger partial charge in [-0.2, -0.15) is 8.78 Å². The normalized spacial score (nSPS) is 11.0. The lowest BCUT2D eigenvalue weighted by Crippen LogP contribution is -2.11. The van der Waals surface area contributed by atoms with Crippen LogP contribution in [0.5, 0.6) is 0 Å². The van der Waals surface area contributed by atoms with Gasteiger partial charge in [-0.25, -0.2) is 4.98 Å². The molecule has 3 nitrogen and oxygen atoms in total. The van der Waals surface area contributed by atoms with E-state index in [0.717, 1.165) is 21.3 Å². The number of carbonyl (C=O) groups excluding carboxylic acids is 1. The average molecular weight is 423 g/mol. The first-order valence-corrected chi connectivity index (χ1v) is 10.7. The van der Waals surface area contributed by atoms with E-state index in [1.165, 1.54) is 0 Å². The largest absolute Gasteiger partial charge is 0.322 e. The fraction of sp³-hybridized carbons (Fsp3) is 0.158. The molecule has 0 aliphatic heterocycles. The van der Waals surface area contributed by atoms with Crippen LogP contribution in [0.4, 0.5) is 14.5 Å². The number of aromatic nitrogens is 1. The monoisotopic (exact) mass is 422 g/mol. The van der Waals surface area contributed by atoms with Crippen molar-refractivity contribution >= 4 is 46.5 Å². The maximum absolute atomic E-state index is 12.3. The summed E-state index contributed by atoms with van der Waals surface area (Å²) in [6.07, 6.45) is 0. The molecule has 1 amide bonds. The first-order valence-electron chi connectivity index (χ1n) is 8.00. The number of benzene rings is 2. The molecule has 1 aromatic heterocycles. The van der Waals surface area contributed by atoms with Gasteiger partial charge in [0.2, 0.25) is 0 Å². The molecule has 3 rings (SSSR count). The Morgan fingerprint density at radius 3 is 2.37 bits per heavy atom. The van der Waals surface area contributed by atoms with Gasteiger partial charge in [-0.15, -0.1) is 23.1 Å². The van der Waals surface area contributed by atoms with Gasteiger partial charge in [-0.05, 0) is 55.5 Å². The van der Waals surface area contributed by atoms with Gasteiger partial charge < -0.3 is 5.32 Å². The zero-order valence-corrected chi connectivity index (χ0v) is 16.8. The van der Waals surface area contributed by atoms with Crippen molar-refractivity contribution in [2.24, 2.45) is 0 Å². The minimum Gasteiger partial charge on any atom is -0.322 e. The second-order valence-electron chi connectivity index (χ2n) is 5.53. The summed E-state index contributed by atoms with van der Waals surface area (Å²) >= 11 is 3.78. The number of alkyl halides is 2. The molecule has 0 spiro atoms.